The monoisotopic (exact) mass is 251 g/mol. The van der Waals surface area contributed by atoms with Crippen LogP contribution in [0, 0.1) is 0 Å². The summed E-state index contributed by atoms with van der Waals surface area (Å²) >= 11 is 3.34. The van der Waals surface area contributed by atoms with E-state index in [0.29, 0.717) is 0 Å². The number of nitrogens with one attached hydrogen (secondary N) is 1. The maximum atomic E-state index is 3.80. The summed E-state index contributed by atoms with van der Waals surface area (Å²) in [5, 5.41) is 3.33. The average molecular weight is 252 g/mol. The Hall–Kier alpha value is -0.760. The molecule has 0 heterocycles. The molecule has 1 nitrogen and oxygen atoms in total. The van der Waals surface area contributed by atoms with Gasteiger partial charge in [0.1, 0.15) is 0 Å². The van der Waals surface area contributed by atoms with E-state index in [-0.39, 0.29) is 0 Å². The highest BCUT2D eigenvalue weighted by Crippen LogP contribution is 2.24. The van der Waals surface area contributed by atoms with Crippen molar-refractivity contribution >= 4 is 21.6 Å². The standard InChI is InChI=1S/C12H14BrN/c1-9(13)8-14-12-6-5-10-3-2-4-11(10)7-12/h5-7,14H,1-4,8H2. The lowest BCUT2D eigenvalue weighted by molar-refractivity contribution is 0.912. The Morgan fingerprint density at radius 1 is 1.36 bits per heavy atom. The van der Waals surface area contributed by atoms with Gasteiger partial charge in [0.05, 0.1) is 0 Å². The number of fused-ring (bicyclic) bond motifs is 1. The maximum absolute atomic E-state index is 3.80. The Bertz CT molecular complexity index is 357. The summed E-state index contributed by atoms with van der Waals surface area (Å²) < 4.78 is 0.984. The Balaban J connectivity index is 2.09. The number of hydrogen-bond acceptors (Lipinski definition) is 1. The van der Waals surface area contributed by atoms with E-state index in [1.807, 2.05) is 0 Å². The molecule has 1 aliphatic rings. The van der Waals surface area contributed by atoms with Gasteiger partial charge in [-0.1, -0.05) is 28.6 Å². The second-order valence-electron chi connectivity index (χ2n) is 3.71. The molecule has 0 bridgehead atoms. The zero-order valence-electron chi connectivity index (χ0n) is 8.15. The van der Waals surface area contributed by atoms with E-state index in [4.69, 9.17) is 0 Å². The number of rotatable bonds is 3. The van der Waals surface area contributed by atoms with Gasteiger partial charge in [-0.05, 0) is 42.5 Å². The molecule has 1 N–H and O–H groups in total. The average Bonchev–Trinajstić information content (AvgIpc) is 2.61. The maximum Gasteiger partial charge on any atom is 0.0460 e. The predicted molar refractivity (Wildman–Crippen MR) is 65.0 cm³/mol. The lowest BCUT2D eigenvalue weighted by atomic mass is 10.1. The SMILES string of the molecule is C=C(Br)CNc1ccc2c(c1)CCC2. The zero-order valence-corrected chi connectivity index (χ0v) is 9.73. The lowest BCUT2D eigenvalue weighted by Crippen LogP contribution is -2.00. The van der Waals surface area contributed by atoms with Crippen LogP contribution in [0.1, 0.15) is 17.5 Å². The molecule has 0 saturated carbocycles. The first-order valence-electron chi connectivity index (χ1n) is 4.94. The molecule has 0 fully saturated rings. The fourth-order valence-electron chi connectivity index (χ4n) is 1.88. The van der Waals surface area contributed by atoms with Crippen LogP contribution in [0.15, 0.2) is 29.3 Å². The first-order chi connectivity index (χ1) is 6.75. The molecule has 2 rings (SSSR count). The highest BCUT2D eigenvalue weighted by molar-refractivity contribution is 9.11. The molecule has 1 aromatic rings. The van der Waals surface area contributed by atoms with E-state index in [1.165, 1.54) is 36.1 Å². The van der Waals surface area contributed by atoms with Crippen LogP contribution in [-0.4, -0.2) is 6.54 Å². The van der Waals surface area contributed by atoms with Gasteiger partial charge in [-0.15, -0.1) is 0 Å². The third-order valence-corrected chi connectivity index (χ3v) is 2.86. The van der Waals surface area contributed by atoms with E-state index in [0.717, 1.165) is 11.0 Å². The van der Waals surface area contributed by atoms with Crippen LogP contribution in [0.3, 0.4) is 0 Å². The van der Waals surface area contributed by atoms with Crippen LogP contribution in [0.25, 0.3) is 0 Å². The molecule has 0 radical (unpaired) electrons. The van der Waals surface area contributed by atoms with E-state index in [2.05, 4.69) is 46.0 Å². The highest BCUT2D eigenvalue weighted by Gasteiger charge is 2.10. The van der Waals surface area contributed by atoms with Crippen molar-refractivity contribution < 1.29 is 0 Å². The van der Waals surface area contributed by atoms with Crippen LogP contribution < -0.4 is 5.32 Å². The van der Waals surface area contributed by atoms with Crippen molar-refractivity contribution in [1.29, 1.82) is 0 Å². The molecule has 14 heavy (non-hydrogen) atoms. The summed E-state index contributed by atoms with van der Waals surface area (Å²) in [6.45, 7) is 4.59. The minimum absolute atomic E-state index is 0.790. The van der Waals surface area contributed by atoms with E-state index in [1.54, 1.807) is 0 Å². The molecule has 0 unspecified atom stereocenters. The van der Waals surface area contributed by atoms with E-state index in [9.17, 15) is 0 Å². The number of benzene rings is 1. The molecule has 2 heteroatoms. The molecule has 0 saturated heterocycles. The quantitative estimate of drug-likeness (QED) is 0.868. The van der Waals surface area contributed by atoms with Gasteiger partial charge in [-0.2, -0.15) is 0 Å². The van der Waals surface area contributed by atoms with Crippen LogP contribution in [0.4, 0.5) is 5.69 Å². The second-order valence-corrected chi connectivity index (χ2v) is 4.83. The predicted octanol–water partition coefficient (Wildman–Crippen LogP) is 3.50. The summed E-state index contributed by atoms with van der Waals surface area (Å²) in [4.78, 5) is 0. The van der Waals surface area contributed by atoms with Crippen LogP contribution in [-0.2, 0) is 12.8 Å². The largest absolute Gasteiger partial charge is 0.380 e. The van der Waals surface area contributed by atoms with Crippen molar-refractivity contribution in [2.24, 2.45) is 0 Å². The van der Waals surface area contributed by atoms with E-state index >= 15 is 0 Å². The first kappa shape index (κ1) is 9.78. The Kier molecular flexibility index (Phi) is 2.92. The molecular formula is C12H14BrN. The van der Waals surface area contributed by atoms with Gasteiger partial charge in [-0.3, -0.25) is 0 Å². The van der Waals surface area contributed by atoms with Crippen molar-refractivity contribution in [2.75, 3.05) is 11.9 Å². The zero-order chi connectivity index (χ0) is 9.97. The summed E-state index contributed by atoms with van der Waals surface area (Å²) in [6, 6.07) is 6.65. The molecule has 0 aromatic heterocycles. The van der Waals surface area contributed by atoms with Gasteiger partial charge < -0.3 is 5.32 Å². The number of anilines is 1. The normalized spacial score (nSPS) is 13.8. The minimum Gasteiger partial charge on any atom is -0.380 e. The minimum atomic E-state index is 0.790. The summed E-state index contributed by atoms with van der Waals surface area (Å²) in [7, 11) is 0. The summed E-state index contributed by atoms with van der Waals surface area (Å²) in [5.74, 6) is 0. The number of hydrogen-bond donors (Lipinski definition) is 1. The molecule has 0 spiro atoms. The summed E-state index contributed by atoms with van der Waals surface area (Å²) in [5.41, 5.74) is 4.23. The molecule has 0 amide bonds. The fraction of sp³-hybridized carbons (Fsp3) is 0.333. The molecule has 1 aliphatic carbocycles. The van der Waals surface area contributed by atoms with Crippen molar-refractivity contribution in [3.05, 3.63) is 40.4 Å². The second kappa shape index (κ2) is 4.18. The number of aryl methyl sites for hydroxylation is 2. The Morgan fingerprint density at radius 3 is 2.93 bits per heavy atom. The third-order valence-electron chi connectivity index (χ3n) is 2.58. The van der Waals surface area contributed by atoms with Crippen LogP contribution in [0.2, 0.25) is 0 Å². The fourth-order valence-corrected chi connectivity index (χ4v) is 2.02. The van der Waals surface area contributed by atoms with Gasteiger partial charge in [-0.25, -0.2) is 0 Å². The summed E-state index contributed by atoms with van der Waals surface area (Å²) in [6.07, 6.45) is 3.80. The molecule has 1 aromatic carbocycles. The number of halogens is 1. The van der Waals surface area contributed by atoms with Crippen LogP contribution >= 0.6 is 15.9 Å². The molecule has 74 valence electrons. The topological polar surface area (TPSA) is 12.0 Å². The van der Waals surface area contributed by atoms with Crippen molar-refractivity contribution in [1.82, 2.24) is 0 Å². The molecule has 0 aliphatic heterocycles. The van der Waals surface area contributed by atoms with Gasteiger partial charge in [0.2, 0.25) is 0 Å². The third kappa shape index (κ3) is 2.18. The first-order valence-corrected chi connectivity index (χ1v) is 5.74. The molecule has 0 atom stereocenters. The van der Waals surface area contributed by atoms with E-state index < -0.39 is 0 Å². The molecular weight excluding hydrogens is 238 g/mol. The Morgan fingerprint density at radius 2 is 2.14 bits per heavy atom. The lowest BCUT2D eigenvalue weighted by Gasteiger charge is -2.07. The smallest absolute Gasteiger partial charge is 0.0460 e. The van der Waals surface area contributed by atoms with Crippen molar-refractivity contribution in [3.8, 4) is 0 Å². The van der Waals surface area contributed by atoms with Gasteiger partial charge >= 0.3 is 0 Å². The van der Waals surface area contributed by atoms with Crippen molar-refractivity contribution in [2.45, 2.75) is 19.3 Å². The van der Waals surface area contributed by atoms with Gasteiger partial charge in [0.15, 0.2) is 0 Å². The van der Waals surface area contributed by atoms with Crippen molar-refractivity contribution in [3.63, 3.8) is 0 Å². The van der Waals surface area contributed by atoms with Crippen LogP contribution in [0.5, 0.6) is 0 Å². The van der Waals surface area contributed by atoms with Gasteiger partial charge in [0.25, 0.3) is 0 Å². The Labute approximate surface area is 93.3 Å². The highest BCUT2D eigenvalue weighted by atomic mass is 79.9. The van der Waals surface area contributed by atoms with Gasteiger partial charge in [0, 0.05) is 16.7 Å².